The summed E-state index contributed by atoms with van der Waals surface area (Å²) in [6.45, 7) is 0. The first kappa shape index (κ1) is 31.6. The van der Waals surface area contributed by atoms with Gasteiger partial charge in [-0.05, 0) is 65.9 Å². The van der Waals surface area contributed by atoms with Crippen LogP contribution in [0.15, 0.2) is 133 Å². The Morgan fingerprint density at radius 3 is 1.72 bits per heavy atom. The van der Waals surface area contributed by atoms with E-state index >= 15 is 4.57 Å². The number of benzene rings is 5. The van der Waals surface area contributed by atoms with Crippen LogP contribution in [0, 0.1) is 0 Å². The fourth-order valence-electron chi connectivity index (χ4n) is 6.35. The van der Waals surface area contributed by atoms with Crippen molar-refractivity contribution in [2.24, 2.45) is 0 Å². The molecule has 1 unspecified atom stereocenters. The zero-order chi connectivity index (χ0) is 32.1. The number of hydrogen-bond donors (Lipinski definition) is 1. The standard InChI is InChI=1S/C37H37N2O5PS/c1-43-31-18-21-33(22-19-31)45(40,39-35(29-14-8-4-9-15-29)23-24-36(39)30-16-10-5-11-17-30)37-25-20-32(44-2)26-34(37)38-46(41,42)27-28-12-6-3-7-13-28/h3-22,25-26,35-36,38H,23-24,27H2,1-2H3/t35-,36-,45?/m1/s1. The molecule has 0 amide bonds. The minimum atomic E-state index is -3.91. The average Bonchev–Trinajstić information content (AvgIpc) is 3.55. The lowest BCUT2D eigenvalue weighted by atomic mass is 10.0. The molecule has 1 saturated heterocycles. The fraction of sp³-hybridized carbons (Fsp3) is 0.189. The van der Waals surface area contributed by atoms with E-state index in [0.29, 0.717) is 27.7 Å². The Morgan fingerprint density at radius 2 is 1.20 bits per heavy atom. The van der Waals surface area contributed by atoms with Gasteiger partial charge >= 0.3 is 0 Å². The zero-order valence-corrected chi connectivity index (χ0v) is 27.5. The van der Waals surface area contributed by atoms with Gasteiger partial charge in [-0.1, -0.05) is 91.0 Å². The first-order valence-electron chi connectivity index (χ1n) is 15.2. The third-order valence-electron chi connectivity index (χ3n) is 8.46. The van der Waals surface area contributed by atoms with Gasteiger partial charge in [-0.3, -0.25) is 9.29 Å². The summed E-state index contributed by atoms with van der Waals surface area (Å²) >= 11 is 0. The SMILES string of the molecule is COc1ccc(P(=O)(c2ccc(OC)cc2NS(=O)(=O)Cc2ccccc2)N2[C@@H](c3ccccc3)CC[C@@H]2c2ccccc2)cc1. The molecule has 1 fully saturated rings. The van der Waals surface area contributed by atoms with Crippen molar-refractivity contribution in [3.05, 3.63) is 150 Å². The van der Waals surface area contributed by atoms with Gasteiger partial charge in [0.15, 0.2) is 0 Å². The molecule has 1 heterocycles. The Balaban J connectivity index is 1.58. The van der Waals surface area contributed by atoms with Crippen LogP contribution >= 0.6 is 7.29 Å². The van der Waals surface area contributed by atoms with Gasteiger partial charge in [-0.2, -0.15) is 0 Å². The third kappa shape index (κ3) is 6.47. The van der Waals surface area contributed by atoms with E-state index in [4.69, 9.17) is 9.47 Å². The Hall–Kier alpha value is -4.36. The number of sulfonamides is 1. The Bertz CT molecular complexity index is 1870. The van der Waals surface area contributed by atoms with E-state index in [9.17, 15) is 8.42 Å². The van der Waals surface area contributed by atoms with Crippen molar-refractivity contribution in [1.82, 2.24) is 4.67 Å². The summed E-state index contributed by atoms with van der Waals surface area (Å²) in [7, 11) is -4.58. The summed E-state index contributed by atoms with van der Waals surface area (Å²) < 4.78 is 59.8. The molecular formula is C37H37N2O5PS. The number of methoxy groups -OCH3 is 2. The lowest BCUT2D eigenvalue weighted by molar-refractivity contribution is 0.337. The van der Waals surface area contributed by atoms with E-state index in [1.807, 2.05) is 54.6 Å². The molecule has 0 radical (unpaired) electrons. The van der Waals surface area contributed by atoms with Gasteiger partial charge in [0, 0.05) is 23.5 Å². The van der Waals surface area contributed by atoms with Crippen LogP contribution in [-0.4, -0.2) is 27.3 Å². The molecule has 1 N–H and O–H groups in total. The lowest BCUT2D eigenvalue weighted by Gasteiger charge is -2.39. The smallest absolute Gasteiger partial charge is 0.236 e. The maximum Gasteiger partial charge on any atom is 0.236 e. The van der Waals surface area contributed by atoms with Crippen molar-refractivity contribution in [2.75, 3.05) is 18.9 Å². The van der Waals surface area contributed by atoms with Crippen LogP contribution in [0.2, 0.25) is 0 Å². The summed E-state index contributed by atoms with van der Waals surface area (Å²) in [5.41, 5.74) is 2.97. The van der Waals surface area contributed by atoms with Gasteiger partial charge in [0.05, 0.1) is 31.0 Å². The Kier molecular flexibility index (Phi) is 9.32. The minimum absolute atomic E-state index is 0.199. The van der Waals surface area contributed by atoms with Gasteiger partial charge in [-0.25, -0.2) is 13.1 Å². The van der Waals surface area contributed by atoms with Crippen molar-refractivity contribution in [3.8, 4) is 11.5 Å². The van der Waals surface area contributed by atoms with E-state index in [-0.39, 0.29) is 23.5 Å². The molecule has 46 heavy (non-hydrogen) atoms. The molecule has 0 spiro atoms. The van der Waals surface area contributed by atoms with Crippen LogP contribution in [0.1, 0.15) is 41.6 Å². The molecule has 6 rings (SSSR count). The molecule has 0 saturated carbocycles. The van der Waals surface area contributed by atoms with Gasteiger partial charge in [-0.15, -0.1) is 0 Å². The summed E-state index contributed by atoms with van der Waals surface area (Å²) in [6.07, 6.45) is 1.55. The predicted molar refractivity (Wildman–Crippen MR) is 185 cm³/mol. The summed E-state index contributed by atoms with van der Waals surface area (Å²) in [4.78, 5) is 0. The minimum Gasteiger partial charge on any atom is -0.497 e. The topological polar surface area (TPSA) is 84.9 Å². The predicted octanol–water partition coefficient (Wildman–Crippen LogP) is 7.45. The van der Waals surface area contributed by atoms with Crippen molar-refractivity contribution >= 4 is 33.6 Å². The number of rotatable bonds is 11. The molecule has 9 heteroatoms. The van der Waals surface area contributed by atoms with Gasteiger partial charge in [0.1, 0.15) is 11.5 Å². The molecule has 7 nitrogen and oxygen atoms in total. The van der Waals surface area contributed by atoms with Gasteiger partial charge < -0.3 is 9.47 Å². The van der Waals surface area contributed by atoms with Crippen LogP contribution in [0.25, 0.3) is 0 Å². The maximum absolute atomic E-state index is 16.5. The third-order valence-corrected chi connectivity index (χ3v) is 13.0. The number of nitrogens with one attached hydrogen (secondary N) is 1. The highest BCUT2D eigenvalue weighted by Gasteiger charge is 2.49. The second kappa shape index (κ2) is 13.6. The molecule has 0 aromatic heterocycles. The molecule has 1 aliphatic rings. The molecule has 0 aliphatic carbocycles. The Morgan fingerprint density at radius 1 is 0.696 bits per heavy atom. The number of nitrogens with zero attached hydrogens (tertiary/aromatic N) is 1. The first-order valence-corrected chi connectivity index (χ1v) is 18.5. The van der Waals surface area contributed by atoms with Crippen LogP contribution in [0.3, 0.4) is 0 Å². The van der Waals surface area contributed by atoms with Crippen molar-refractivity contribution in [1.29, 1.82) is 0 Å². The van der Waals surface area contributed by atoms with E-state index in [2.05, 4.69) is 33.7 Å². The molecule has 5 aromatic rings. The largest absolute Gasteiger partial charge is 0.497 e. The highest BCUT2D eigenvalue weighted by Crippen LogP contribution is 2.63. The van der Waals surface area contributed by atoms with Gasteiger partial charge in [0.25, 0.3) is 0 Å². The quantitative estimate of drug-likeness (QED) is 0.149. The molecule has 236 valence electrons. The second-order valence-electron chi connectivity index (χ2n) is 11.3. The molecule has 1 aliphatic heterocycles. The van der Waals surface area contributed by atoms with Gasteiger partial charge in [0.2, 0.25) is 17.3 Å². The monoisotopic (exact) mass is 652 g/mol. The molecule has 0 bridgehead atoms. The van der Waals surface area contributed by atoms with Crippen LogP contribution < -0.4 is 24.8 Å². The molecule has 3 atom stereocenters. The molecule has 5 aromatic carbocycles. The van der Waals surface area contributed by atoms with E-state index in [1.165, 1.54) is 7.11 Å². The number of anilines is 1. The lowest BCUT2D eigenvalue weighted by Crippen LogP contribution is -2.35. The number of ether oxygens (including phenoxy) is 2. The first-order chi connectivity index (χ1) is 22.3. The summed E-state index contributed by atoms with van der Waals surface area (Å²) in [5, 5.41) is 0.963. The second-order valence-corrected chi connectivity index (χ2v) is 15.6. The normalized spacial score (nSPS) is 18.0. The van der Waals surface area contributed by atoms with Crippen LogP contribution in [0.5, 0.6) is 11.5 Å². The number of hydrogen-bond acceptors (Lipinski definition) is 5. The summed E-state index contributed by atoms with van der Waals surface area (Å²) in [5.74, 6) is 0.845. The summed E-state index contributed by atoms with van der Waals surface area (Å²) in [6, 6.07) is 41.2. The highest BCUT2D eigenvalue weighted by atomic mass is 32.2. The van der Waals surface area contributed by atoms with E-state index in [0.717, 1.165) is 24.0 Å². The highest BCUT2D eigenvalue weighted by molar-refractivity contribution is 7.92. The van der Waals surface area contributed by atoms with Crippen molar-refractivity contribution in [3.63, 3.8) is 0 Å². The Labute approximate surface area is 271 Å². The fourth-order valence-corrected chi connectivity index (χ4v) is 11.0. The van der Waals surface area contributed by atoms with Crippen LogP contribution in [0.4, 0.5) is 5.69 Å². The van der Waals surface area contributed by atoms with Crippen LogP contribution in [-0.2, 0) is 20.3 Å². The van der Waals surface area contributed by atoms with Crippen molar-refractivity contribution < 1.29 is 22.5 Å². The van der Waals surface area contributed by atoms with Crippen molar-refractivity contribution in [2.45, 2.75) is 30.7 Å². The van der Waals surface area contributed by atoms with E-state index in [1.54, 1.807) is 61.7 Å². The molecular weight excluding hydrogens is 615 g/mol. The van der Waals surface area contributed by atoms with E-state index < -0.39 is 17.3 Å². The average molecular weight is 653 g/mol. The maximum atomic E-state index is 16.5. The zero-order valence-electron chi connectivity index (χ0n) is 25.8.